The first kappa shape index (κ1) is 29.5. The molecular formula is C30H31ClF2N6O3S. The molecule has 1 aliphatic carbocycles. The molecule has 0 unspecified atom stereocenters. The van der Waals surface area contributed by atoms with Crippen molar-refractivity contribution in [1.29, 1.82) is 0 Å². The van der Waals surface area contributed by atoms with Gasteiger partial charge in [-0.25, -0.2) is 22.2 Å². The molecular weight excluding hydrogens is 598 g/mol. The van der Waals surface area contributed by atoms with Crippen LogP contribution in [0.15, 0.2) is 53.6 Å². The van der Waals surface area contributed by atoms with Crippen molar-refractivity contribution in [3.05, 3.63) is 70.9 Å². The lowest BCUT2D eigenvalue weighted by Gasteiger charge is -2.33. The summed E-state index contributed by atoms with van der Waals surface area (Å²) in [4.78, 5) is 3.80. The zero-order valence-corrected chi connectivity index (χ0v) is 25.1. The smallest absolute Gasteiger partial charge is 0.264 e. The number of nitrogens with zero attached hydrogens (tertiary/aromatic N) is 3. The summed E-state index contributed by atoms with van der Waals surface area (Å²) in [6, 6.07) is 7.85. The molecule has 0 amide bonds. The van der Waals surface area contributed by atoms with Gasteiger partial charge < -0.3 is 15.8 Å². The third-order valence-electron chi connectivity index (χ3n) is 7.78. The van der Waals surface area contributed by atoms with E-state index in [1.165, 1.54) is 24.3 Å². The Morgan fingerprint density at radius 2 is 1.91 bits per heavy atom. The predicted molar refractivity (Wildman–Crippen MR) is 163 cm³/mol. The Labute approximate surface area is 253 Å². The number of nitrogens with one attached hydrogen (secondary N) is 2. The van der Waals surface area contributed by atoms with Crippen molar-refractivity contribution < 1.29 is 21.9 Å². The van der Waals surface area contributed by atoms with Gasteiger partial charge in [0.2, 0.25) is 0 Å². The van der Waals surface area contributed by atoms with Gasteiger partial charge in [-0.05, 0) is 69.0 Å². The molecule has 43 heavy (non-hydrogen) atoms. The van der Waals surface area contributed by atoms with Crippen molar-refractivity contribution in [1.82, 2.24) is 20.1 Å². The fourth-order valence-electron chi connectivity index (χ4n) is 5.53. The molecule has 4 aromatic rings. The first-order chi connectivity index (χ1) is 20.5. The average Bonchev–Trinajstić information content (AvgIpc) is 3.36. The molecule has 1 fully saturated rings. The zero-order valence-electron chi connectivity index (χ0n) is 23.6. The van der Waals surface area contributed by atoms with Gasteiger partial charge in [0.05, 0.1) is 35.8 Å². The Balaban J connectivity index is 1.36. The second-order valence-electron chi connectivity index (χ2n) is 11.1. The standard InChI is InChI=1S/C30H31ClF2N6O3S/c1-16(2)39-29-22(17-3-7-20(8-4-17)36-21-14-42-15-21)13-35-30(34)27(29)28(37-39)18-5-10-25(24(33)11-18)38-43(40,41)26-12-19(31)6-9-23(26)32/h3,5-6,9-13,16,20-21,36,38H,4,7-8,14-15H2,1-2H3,(H2,34,35)/t20-/m0/s1. The Bertz CT molecular complexity index is 1860. The van der Waals surface area contributed by atoms with E-state index >= 15 is 4.39 Å². The van der Waals surface area contributed by atoms with Gasteiger partial charge in [-0.1, -0.05) is 23.7 Å². The highest BCUT2D eigenvalue weighted by Crippen LogP contribution is 2.40. The summed E-state index contributed by atoms with van der Waals surface area (Å²) in [5.41, 5.74) is 9.75. The molecule has 0 spiro atoms. The molecule has 1 aliphatic heterocycles. The lowest BCUT2D eigenvalue weighted by molar-refractivity contribution is -0.0103. The second-order valence-corrected chi connectivity index (χ2v) is 13.2. The van der Waals surface area contributed by atoms with Crippen LogP contribution < -0.4 is 15.8 Å². The molecule has 6 rings (SSSR count). The number of sulfonamides is 1. The van der Waals surface area contributed by atoms with Crippen LogP contribution in [0.5, 0.6) is 0 Å². The van der Waals surface area contributed by atoms with Crippen molar-refractivity contribution in [2.24, 2.45) is 0 Å². The van der Waals surface area contributed by atoms with Crippen molar-refractivity contribution in [3.63, 3.8) is 0 Å². The zero-order chi connectivity index (χ0) is 30.5. The van der Waals surface area contributed by atoms with Gasteiger partial charge >= 0.3 is 0 Å². The highest BCUT2D eigenvalue weighted by atomic mass is 35.5. The van der Waals surface area contributed by atoms with E-state index in [0.29, 0.717) is 28.7 Å². The number of allylic oxidation sites excluding steroid dienone is 1. The minimum absolute atomic E-state index is 0.0278. The lowest BCUT2D eigenvalue weighted by atomic mass is 9.89. The van der Waals surface area contributed by atoms with E-state index in [9.17, 15) is 12.8 Å². The minimum atomic E-state index is -4.46. The summed E-state index contributed by atoms with van der Waals surface area (Å²) < 4.78 is 64.6. The van der Waals surface area contributed by atoms with Gasteiger partial charge in [0.25, 0.3) is 10.0 Å². The fraction of sp³-hybridized carbons (Fsp3) is 0.333. The van der Waals surface area contributed by atoms with E-state index in [0.717, 1.165) is 61.3 Å². The van der Waals surface area contributed by atoms with E-state index in [1.54, 1.807) is 6.20 Å². The van der Waals surface area contributed by atoms with Crippen molar-refractivity contribution in [2.45, 2.75) is 56.1 Å². The monoisotopic (exact) mass is 628 g/mol. The largest absolute Gasteiger partial charge is 0.383 e. The summed E-state index contributed by atoms with van der Waals surface area (Å²) in [5.74, 6) is -1.63. The van der Waals surface area contributed by atoms with Gasteiger partial charge in [-0.2, -0.15) is 5.10 Å². The van der Waals surface area contributed by atoms with Crippen molar-refractivity contribution >= 4 is 49.6 Å². The SMILES string of the molecule is CC(C)n1nc(-c2ccc(NS(=O)(=O)c3cc(Cl)ccc3F)c(F)c2)c2c(N)ncc(C3=CC[C@H](NC4COC4)CC3)c21. The molecule has 4 N–H and O–H groups in total. The first-order valence-electron chi connectivity index (χ1n) is 14.0. The molecule has 3 heterocycles. The lowest BCUT2D eigenvalue weighted by Crippen LogP contribution is -2.50. The number of aromatic nitrogens is 3. The molecule has 2 aromatic heterocycles. The molecule has 226 valence electrons. The molecule has 2 aliphatic rings. The van der Waals surface area contributed by atoms with Gasteiger partial charge in [0.1, 0.15) is 28.0 Å². The molecule has 13 heteroatoms. The summed E-state index contributed by atoms with van der Waals surface area (Å²) in [6.07, 6.45) is 6.70. The Morgan fingerprint density at radius 1 is 1.12 bits per heavy atom. The average molecular weight is 629 g/mol. The highest BCUT2D eigenvalue weighted by molar-refractivity contribution is 7.92. The summed E-state index contributed by atoms with van der Waals surface area (Å²) in [7, 11) is -4.46. The molecule has 0 saturated carbocycles. The van der Waals surface area contributed by atoms with Gasteiger partial charge in [-0.15, -0.1) is 0 Å². The number of benzene rings is 2. The number of nitrogens with two attached hydrogens (primary N) is 1. The third-order valence-corrected chi connectivity index (χ3v) is 9.40. The maximum Gasteiger partial charge on any atom is 0.264 e. The second kappa shape index (κ2) is 11.5. The van der Waals surface area contributed by atoms with E-state index in [2.05, 4.69) is 21.1 Å². The molecule has 0 bridgehead atoms. The third kappa shape index (κ3) is 5.72. The number of hydrogen-bond acceptors (Lipinski definition) is 7. The molecule has 9 nitrogen and oxygen atoms in total. The highest BCUT2D eigenvalue weighted by Gasteiger charge is 2.27. The maximum atomic E-state index is 15.4. The number of anilines is 2. The van der Waals surface area contributed by atoms with Crippen LogP contribution in [-0.4, -0.2) is 48.5 Å². The molecule has 2 aromatic carbocycles. The van der Waals surface area contributed by atoms with Crippen LogP contribution in [0.25, 0.3) is 27.7 Å². The summed E-state index contributed by atoms with van der Waals surface area (Å²) in [6.45, 7) is 5.50. The van der Waals surface area contributed by atoms with Crippen LogP contribution in [0.2, 0.25) is 5.02 Å². The number of pyridine rings is 1. The van der Waals surface area contributed by atoms with Crippen LogP contribution in [0, 0.1) is 11.6 Å². The van der Waals surface area contributed by atoms with Crippen molar-refractivity contribution in [2.75, 3.05) is 23.7 Å². The molecule has 1 atom stereocenters. The number of ether oxygens (including phenoxy) is 1. The van der Waals surface area contributed by atoms with Crippen LogP contribution in [-0.2, 0) is 14.8 Å². The Morgan fingerprint density at radius 3 is 2.56 bits per heavy atom. The van der Waals surface area contributed by atoms with Gasteiger partial charge in [-0.3, -0.25) is 9.40 Å². The number of fused-ring (bicyclic) bond motifs is 1. The number of rotatable bonds is 8. The molecule has 0 radical (unpaired) electrons. The van der Waals surface area contributed by atoms with E-state index in [-0.39, 0.29) is 22.6 Å². The van der Waals surface area contributed by atoms with Crippen LogP contribution in [0.1, 0.15) is 44.7 Å². The van der Waals surface area contributed by atoms with E-state index in [4.69, 9.17) is 27.2 Å². The first-order valence-corrected chi connectivity index (χ1v) is 15.9. The van der Waals surface area contributed by atoms with Crippen LogP contribution in [0.4, 0.5) is 20.3 Å². The van der Waals surface area contributed by atoms with Crippen LogP contribution in [0.3, 0.4) is 0 Å². The predicted octanol–water partition coefficient (Wildman–Crippen LogP) is 5.92. The Kier molecular flexibility index (Phi) is 7.88. The number of halogens is 3. The molecule has 1 saturated heterocycles. The summed E-state index contributed by atoms with van der Waals surface area (Å²) >= 11 is 5.86. The fourth-order valence-corrected chi connectivity index (χ4v) is 6.94. The van der Waals surface area contributed by atoms with Crippen LogP contribution >= 0.6 is 11.6 Å². The van der Waals surface area contributed by atoms with Crippen molar-refractivity contribution in [3.8, 4) is 11.3 Å². The van der Waals surface area contributed by atoms with E-state index < -0.39 is 26.6 Å². The number of nitrogen functional groups attached to an aromatic ring is 1. The van der Waals surface area contributed by atoms with Gasteiger partial charge in [0, 0.05) is 34.4 Å². The topological polar surface area (TPSA) is 124 Å². The Hall–Kier alpha value is -3.58. The van der Waals surface area contributed by atoms with Gasteiger partial charge in [0.15, 0.2) is 0 Å². The van der Waals surface area contributed by atoms with E-state index in [1.807, 2.05) is 18.5 Å². The minimum Gasteiger partial charge on any atom is -0.383 e. The summed E-state index contributed by atoms with van der Waals surface area (Å²) in [5, 5.41) is 9.10. The normalized spacial score (nSPS) is 17.7. The maximum absolute atomic E-state index is 15.4. The number of hydrogen-bond donors (Lipinski definition) is 3. The quantitative estimate of drug-likeness (QED) is 0.221.